The van der Waals surface area contributed by atoms with Crippen molar-refractivity contribution in [1.29, 1.82) is 5.26 Å². The molecule has 0 saturated heterocycles. The van der Waals surface area contributed by atoms with E-state index in [1.807, 2.05) is 85.9 Å². The lowest BCUT2D eigenvalue weighted by Crippen LogP contribution is -2.12. The molecular formula is C39H28N4O2S. The molecule has 0 saturated carbocycles. The van der Waals surface area contributed by atoms with E-state index in [1.54, 1.807) is 36.4 Å². The summed E-state index contributed by atoms with van der Waals surface area (Å²) in [4.78, 5) is 8.55. The Morgan fingerprint density at radius 2 is 1.33 bits per heavy atom. The van der Waals surface area contributed by atoms with E-state index in [0.29, 0.717) is 22.6 Å². The molecule has 2 N–H and O–H groups in total. The van der Waals surface area contributed by atoms with E-state index in [9.17, 15) is 13.7 Å². The maximum Gasteiger partial charge on any atom is 0.261 e. The molecule has 7 aromatic rings. The first-order valence-electron chi connectivity index (χ1n) is 14.8. The largest absolute Gasteiger partial charge is 0.360 e. The average molecular weight is 617 g/mol. The highest BCUT2D eigenvalue weighted by Crippen LogP contribution is 2.38. The zero-order valence-electron chi connectivity index (χ0n) is 24.9. The average Bonchev–Trinajstić information content (AvgIpc) is 3.53. The van der Waals surface area contributed by atoms with Crippen LogP contribution in [0.2, 0.25) is 0 Å². The highest BCUT2D eigenvalue weighted by Gasteiger charge is 2.20. The van der Waals surface area contributed by atoms with Crippen molar-refractivity contribution in [2.45, 2.75) is 11.8 Å². The smallest absolute Gasteiger partial charge is 0.261 e. The molecule has 0 unspecified atom stereocenters. The number of hydrogen-bond donors (Lipinski definition) is 2. The maximum absolute atomic E-state index is 13.0. The number of pyridine rings is 1. The Hall–Kier alpha value is -5.97. The first kappa shape index (κ1) is 28.8. The number of benzene rings is 5. The van der Waals surface area contributed by atoms with Crippen LogP contribution in [-0.4, -0.2) is 18.4 Å². The molecule has 0 fully saturated rings. The molecule has 222 valence electrons. The van der Waals surface area contributed by atoms with Crippen molar-refractivity contribution in [2.24, 2.45) is 0 Å². The second-order valence-corrected chi connectivity index (χ2v) is 12.8. The quantitative estimate of drug-likeness (QED) is 0.186. The summed E-state index contributed by atoms with van der Waals surface area (Å²) in [5, 5.41) is 11.5. The first-order valence-corrected chi connectivity index (χ1v) is 16.3. The van der Waals surface area contributed by atoms with Crippen molar-refractivity contribution in [2.75, 3.05) is 4.72 Å². The number of nitrogens with one attached hydrogen (secondary N) is 2. The molecule has 46 heavy (non-hydrogen) atoms. The summed E-state index contributed by atoms with van der Waals surface area (Å²) in [6.45, 7) is 1.91. The molecule has 0 atom stereocenters. The van der Waals surface area contributed by atoms with Crippen LogP contribution in [0.3, 0.4) is 0 Å². The third-order valence-electron chi connectivity index (χ3n) is 8.04. The highest BCUT2D eigenvalue weighted by atomic mass is 32.2. The Balaban J connectivity index is 1.32. The van der Waals surface area contributed by atoms with Crippen LogP contribution in [0.1, 0.15) is 11.1 Å². The standard InChI is InChI=1S/C39H28N4O2S/c1-26-11-21-32(22-12-26)46(44,45)43-31-19-17-30(18-20-31)38-23-34(29-15-13-28(14-16-29)27-7-3-2-4-8-27)35(24-40)39(42-38)36-25-41-37-10-6-5-9-33(36)37/h2-23,25,41,43H,1H3. The number of aromatic nitrogens is 2. The number of aryl methyl sites for hydroxylation is 1. The maximum atomic E-state index is 13.0. The Morgan fingerprint density at radius 3 is 2.04 bits per heavy atom. The van der Waals surface area contributed by atoms with Gasteiger partial charge >= 0.3 is 0 Å². The van der Waals surface area contributed by atoms with Gasteiger partial charge in [-0.2, -0.15) is 5.26 Å². The number of para-hydroxylation sites is 1. The van der Waals surface area contributed by atoms with Crippen LogP contribution in [0.15, 0.2) is 145 Å². The van der Waals surface area contributed by atoms with Gasteiger partial charge < -0.3 is 4.98 Å². The van der Waals surface area contributed by atoms with Crippen LogP contribution in [0.4, 0.5) is 5.69 Å². The number of anilines is 1. The van der Waals surface area contributed by atoms with Gasteiger partial charge in [-0.1, -0.05) is 103 Å². The lowest BCUT2D eigenvalue weighted by atomic mass is 9.93. The number of nitriles is 1. The predicted molar refractivity (Wildman–Crippen MR) is 185 cm³/mol. The number of nitrogens with zero attached hydrogens (tertiary/aromatic N) is 2. The van der Waals surface area contributed by atoms with Crippen molar-refractivity contribution in [3.8, 4) is 50.8 Å². The van der Waals surface area contributed by atoms with E-state index >= 15 is 0 Å². The second kappa shape index (κ2) is 11.8. The molecule has 0 aliphatic carbocycles. The van der Waals surface area contributed by atoms with E-state index < -0.39 is 10.0 Å². The molecule has 6 nitrogen and oxygen atoms in total. The molecule has 2 heterocycles. The third-order valence-corrected chi connectivity index (χ3v) is 9.44. The molecule has 7 rings (SSSR count). The van der Waals surface area contributed by atoms with Gasteiger partial charge in [0, 0.05) is 39.5 Å². The first-order chi connectivity index (χ1) is 22.4. The SMILES string of the molecule is Cc1ccc(S(=O)(=O)Nc2ccc(-c3cc(-c4ccc(-c5ccccc5)cc4)c(C#N)c(-c4c[nH]c5ccccc45)n3)cc2)cc1. The van der Waals surface area contributed by atoms with Gasteiger partial charge in [-0.15, -0.1) is 0 Å². The van der Waals surface area contributed by atoms with Crippen LogP contribution < -0.4 is 4.72 Å². The molecule has 0 radical (unpaired) electrons. The fraction of sp³-hybridized carbons (Fsp3) is 0.0256. The number of hydrogen-bond acceptors (Lipinski definition) is 4. The number of fused-ring (bicyclic) bond motifs is 1. The molecule has 2 aromatic heterocycles. The summed E-state index contributed by atoms with van der Waals surface area (Å²) in [5.74, 6) is 0. The van der Waals surface area contributed by atoms with E-state index in [0.717, 1.165) is 49.8 Å². The molecule has 0 aliphatic rings. The zero-order chi connectivity index (χ0) is 31.7. The van der Waals surface area contributed by atoms with Crippen LogP contribution in [-0.2, 0) is 10.0 Å². The summed E-state index contributed by atoms with van der Waals surface area (Å²) >= 11 is 0. The van der Waals surface area contributed by atoms with Gasteiger partial charge in [-0.3, -0.25) is 4.72 Å². The van der Waals surface area contributed by atoms with Crippen molar-refractivity contribution < 1.29 is 8.42 Å². The molecule has 0 amide bonds. The Morgan fingerprint density at radius 1 is 0.696 bits per heavy atom. The van der Waals surface area contributed by atoms with Crippen molar-refractivity contribution >= 4 is 26.6 Å². The second-order valence-electron chi connectivity index (χ2n) is 11.1. The van der Waals surface area contributed by atoms with Gasteiger partial charge in [0.15, 0.2) is 0 Å². The van der Waals surface area contributed by atoms with Crippen molar-refractivity contribution in [3.05, 3.63) is 151 Å². The Kier molecular flexibility index (Phi) is 7.41. The minimum atomic E-state index is -3.75. The fourth-order valence-corrected chi connectivity index (χ4v) is 6.67. The van der Waals surface area contributed by atoms with E-state index in [4.69, 9.17) is 4.98 Å². The predicted octanol–water partition coefficient (Wildman–Crippen LogP) is 9.21. The Labute approximate surface area is 267 Å². The summed E-state index contributed by atoms with van der Waals surface area (Å²) in [7, 11) is -3.75. The molecule has 0 spiro atoms. The number of aromatic amines is 1. The van der Waals surface area contributed by atoms with Gasteiger partial charge in [-0.25, -0.2) is 13.4 Å². The number of H-pyrrole nitrogens is 1. The monoisotopic (exact) mass is 616 g/mol. The summed E-state index contributed by atoms with van der Waals surface area (Å²) in [6, 6.07) is 44.5. The van der Waals surface area contributed by atoms with E-state index in [1.165, 1.54) is 0 Å². The van der Waals surface area contributed by atoms with Gasteiger partial charge in [0.25, 0.3) is 10.0 Å². The van der Waals surface area contributed by atoms with Crippen LogP contribution in [0.5, 0.6) is 0 Å². The lowest BCUT2D eigenvalue weighted by Gasteiger charge is -2.14. The summed E-state index contributed by atoms with van der Waals surface area (Å²) < 4.78 is 28.6. The minimum absolute atomic E-state index is 0.197. The van der Waals surface area contributed by atoms with Gasteiger partial charge in [0.1, 0.15) is 6.07 Å². The summed E-state index contributed by atoms with van der Waals surface area (Å²) in [5.41, 5.74) is 9.54. The number of sulfonamides is 1. The lowest BCUT2D eigenvalue weighted by molar-refractivity contribution is 0.601. The van der Waals surface area contributed by atoms with Crippen molar-refractivity contribution in [3.63, 3.8) is 0 Å². The van der Waals surface area contributed by atoms with Gasteiger partial charge in [0.2, 0.25) is 0 Å². The topological polar surface area (TPSA) is 98.6 Å². The Bertz CT molecular complexity index is 2340. The van der Waals surface area contributed by atoms with E-state index in [-0.39, 0.29) is 4.90 Å². The minimum Gasteiger partial charge on any atom is -0.360 e. The van der Waals surface area contributed by atoms with Crippen LogP contribution in [0.25, 0.3) is 55.7 Å². The third kappa shape index (κ3) is 5.54. The number of rotatable bonds is 7. The van der Waals surface area contributed by atoms with Gasteiger partial charge in [0.05, 0.1) is 21.8 Å². The molecular weight excluding hydrogens is 589 g/mol. The van der Waals surface area contributed by atoms with Crippen molar-refractivity contribution in [1.82, 2.24) is 9.97 Å². The van der Waals surface area contributed by atoms with E-state index in [2.05, 4.69) is 40.0 Å². The summed E-state index contributed by atoms with van der Waals surface area (Å²) in [6.07, 6.45) is 1.89. The molecule has 0 bridgehead atoms. The highest BCUT2D eigenvalue weighted by molar-refractivity contribution is 7.92. The normalized spacial score (nSPS) is 11.3. The molecule has 7 heteroatoms. The molecule has 0 aliphatic heterocycles. The van der Waals surface area contributed by atoms with Gasteiger partial charge in [-0.05, 0) is 60.0 Å². The fourth-order valence-electron chi connectivity index (χ4n) is 5.61. The zero-order valence-corrected chi connectivity index (χ0v) is 25.7. The van der Waals surface area contributed by atoms with Crippen LogP contribution in [0, 0.1) is 18.3 Å². The van der Waals surface area contributed by atoms with Crippen LogP contribution >= 0.6 is 0 Å². The molecule has 5 aromatic carbocycles.